The van der Waals surface area contributed by atoms with E-state index in [-0.39, 0.29) is 32.0 Å². The Hall–Kier alpha value is -1.51. The van der Waals surface area contributed by atoms with Crippen LogP contribution < -0.4 is 4.89 Å². The van der Waals surface area contributed by atoms with Crippen LogP contribution in [0.2, 0.25) is 0 Å². The van der Waals surface area contributed by atoms with E-state index in [1.54, 1.807) is 0 Å². The molecule has 9 nitrogen and oxygen atoms in total. The van der Waals surface area contributed by atoms with Crippen LogP contribution in [0.5, 0.6) is 0 Å². The highest BCUT2D eigenvalue weighted by molar-refractivity contribution is 7.45. The average Bonchev–Trinajstić information content (AvgIpc) is 3.20. The number of nitrogens with zero attached hydrogens (tertiary/aromatic N) is 1. The molecule has 10 heteroatoms. The molecule has 0 saturated heterocycles. The van der Waals surface area contributed by atoms with Crippen molar-refractivity contribution < 1.29 is 42.1 Å². The number of carbonyl (C=O) groups is 2. The summed E-state index contributed by atoms with van der Waals surface area (Å²) in [6.45, 7) is 4.21. The number of carbonyl (C=O) groups excluding carboxylic acids is 2. The van der Waals surface area contributed by atoms with Gasteiger partial charge < -0.3 is 27.9 Å². The van der Waals surface area contributed by atoms with Crippen molar-refractivity contribution in [2.45, 2.75) is 238 Å². The minimum Gasteiger partial charge on any atom is -0.756 e. The van der Waals surface area contributed by atoms with Gasteiger partial charge in [0.2, 0.25) is 0 Å². The average molecular weight is 870 g/mol. The third-order valence-corrected chi connectivity index (χ3v) is 11.9. The largest absolute Gasteiger partial charge is 0.756 e. The van der Waals surface area contributed by atoms with Crippen LogP contribution in [-0.4, -0.2) is 70.0 Å². The van der Waals surface area contributed by atoms with Gasteiger partial charge in [-0.15, -0.1) is 0 Å². The van der Waals surface area contributed by atoms with Crippen LogP contribution in [-0.2, 0) is 32.7 Å². The number of esters is 2. The third kappa shape index (κ3) is 46.0. The number of likely N-dealkylation sites (N-methyl/N-ethyl adjacent to an activating group) is 1. The quantitative estimate of drug-likeness (QED) is 0.0195. The Morgan fingerprint density at radius 1 is 0.500 bits per heavy atom. The zero-order chi connectivity index (χ0) is 44.3. The van der Waals surface area contributed by atoms with Crippen LogP contribution in [0.1, 0.15) is 232 Å². The maximum atomic E-state index is 12.7. The van der Waals surface area contributed by atoms with Crippen molar-refractivity contribution in [2.75, 3.05) is 47.5 Å². The van der Waals surface area contributed by atoms with E-state index in [1.165, 1.54) is 167 Å². The minimum atomic E-state index is -4.63. The molecule has 0 saturated carbocycles. The Bertz CT molecular complexity index is 1070. The second-order valence-electron chi connectivity index (χ2n) is 18.2. The van der Waals surface area contributed by atoms with E-state index in [0.717, 1.165) is 32.1 Å². The van der Waals surface area contributed by atoms with Crippen molar-refractivity contribution in [3.05, 3.63) is 24.3 Å². The molecule has 0 N–H and O–H groups in total. The summed E-state index contributed by atoms with van der Waals surface area (Å²) in [5, 5.41) is 0. The molecule has 0 bridgehead atoms. The van der Waals surface area contributed by atoms with Crippen LogP contribution in [0.3, 0.4) is 0 Å². The number of hydrogen-bond donors (Lipinski definition) is 0. The van der Waals surface area contributed by atoms with Crippen molar-refractivity contribution in [1.82, 2.24) is 0 Å². The minimum absolute atomic E-state index is 0.0348. The smallest absolute Gasteiger partial charge is 0.306 e. The summed E-state index contributed by atoms with van der Waals surface area (Å²) in [5.74, 6) is -0.883. The molecule has 2 atom stereocenters. The molecule has 0 aliphatic rings. The Morgan fingerprint density at radius 3 is 1.30 bits per heavy atom. The van der Waals surface area contributed by atoms with Crippen molar-refractivity contribution >= 4 is 19.8 Å². The number of hydrogen-bond acceptors (Lipinski definition) is 8. The SMILES string of the molecule is CCCCCCCC/C=C/CCCCCCCCCCCCCC(=O)OC[C@@H](COP(=O)([O-])OCC[N+](C)(C)C)OC(=O)CC/C=C/CCCCCCCCCCCCC. The standard InChI is InChI=1S/C50H96NO8P/c1-6-8-10-12-14-16-18-20-22-23-24-25-26-27-29-30-32-34-36-38-40-42-49(52)56-46-48(47-58-60(54,55)57-45-44-51(3,4)5)59-50(53)43-41-39-37-35-33-31-28-21-19-17-15-13-11-9-7-2/h20,22,37,39,48H,6-19,21,23-36,38,40-47H2,1-5H3/b22-20+,39-37+/t48-/m0/s1. The molecule has 0 aliphatic carbocycles. The van der Waals surface area contributed by atoms with Gasteiger partial charge in [-0.2, -0.15) is 0 Å². The number of unbranched alkanes of at least 4 members (excludes halogenated alkanes) is 28. The first-order valence-corrected chi connectivity index (χ1v) is 26.5. The van der Waals surface area contributed by atoms with Gasteiger partial charge >= 0.3 is 11.9 Å². The van der Waals surface area contributed by atoms with E-state index in [4.69, 9.17) is 18.5 Å². The first-order valence-electron chi connectivity index (χ1n) is 25.0. The Balaban J connectivity index is 4.25. The third-order valence-electron chi connectivity index (χ3n) is 11.0. The fraction of sp³-hybridized carbons (Fsp3) is 0.880. The topological polar surface area (TPSA) is 111 Å². The van der Waals surface area contributed by atoms with Gasteiger partial charge in [-0.3, -0.25) is 14.2 Å². The molecule has 0 aliphatic heterocycles. The predicted octanol–water partition coefficient (Wildman–Crippen LogP) is 14.1. The molecule has 0 aromatic heterocycles. The Labute approximate surface area is 370 Å². The molecule has 0 spiro atoms. The number of rotatable bonds is 46. The molecule has 0 fully saturated rings. The van der Waals surface area contributed by atoms with Crippen LogP contribution in [0.25, 0.3) is 0 Å². The molecular formula is C50H96NO8P. The zero-order valence-corrected chi connectivity index (χ0v) is 40.8. The number of allylic oxidation sites excluding steroid dienone is 4. The number of phosphoric acid groups is 1. The first kappa shape index (κ1) is 58.5. The predicted molar refractivity (Wildman–Crippen MR) is 250 cm³/mol. The zero-order valence-electron chi connectivity index (χ0n) is 39.9. The molecule has 1 unspecified atom stereocenters. The van der Waals surface area contributed by atoms with E-state index >= 15 is 0 Å². The van der Waals surface area contributed by atoms with Crippen LogP contribution in [0, 0.1) is 0 Å². The van der Waals surface area contributed by atoms with Crippen LogP contribution in [0.4, 0.5) is 0 Å². The highest BCUT2D eigenvalue weighted by atomic mass is 31.2. The van der Waals surface area contributed by atoms with Gasteiger partial charge in [0.1, 0.15) is 19.8 Å². The summed E-state index contributed by atoms with van der Waals surface area (Å²) in [6.07, 6.45) is 47.9. The van der Waals surface area contributed by atoms with Crippen LogP contribution in [0.15, 0.2) is 24.3 Å². The summed E-state index contributed by atoms with van der Waals surface area (Å²) < 4.78 is 33.9. The molecule has 0 rings (SSSR count). The molecule has 0 amide bonds. The highest BCUT2D eigenvalue weighted by Gasteiger charge is 2.21. The second kappa shape index (κ2) is 42.8. The molecule has 0 aromatic carbocycles. The monoisotopic (exact) mass is 870 g/mol. The first-order chi connectivity index (χ1) is 29.0. The van der Waals surface area contributed by atoms with Gasteiger partial charge in [0, 0.05) is 12.8 Å². The summed E-state index contributed by atoms with van der Waals surface area (Å²) in [6, 6.07) is 0. The van der Waals surface area contributed by atoms with Crippen molar-refractivity contribution in [1.29, 1.82) is 0 Å². The Morgan fingerprint density at radius 2 is 0.883 bits per heavy atom. The maximum Gasteiger partial charge on any atom is 0.306 e. The Kier molecular flexibility index (Phi) is 41.7. The van der Waals surface area contributed by atoms with Crippen molar-refractivity contribution in [2.24, 2.45) is 0 Å². The van der Waals surface area contributed by atoms with Gasteiger partial charge in [0.25, 0.3) is 7.82 Å². The van der Waals surface area contributed by atoms with Gasteiger partial charge in [-0.05, 0) is 51.4 Å². The number of ether oxygens (including phenoxy) is 2. The number of phosphoric ester groups is 1. The fourth-order valence-electron chi connectivity index (χ4n) is 7.02. The molecule has 0 radical (unpaired) electrons. The van der Waals surface area contributed by atoms with Crippen LogP contribution >= 0.6 is 7.82 Å². The molecule has 0 aromatic rings. The lowest BCUT2D eigenvalue weighted by atomic mass is 10.0. The van der Waals surface area contributed by atoms with Gasteiger partial charge in [-0.1, -0.05) is 192 Å². The van der Waals surface area contributed by atoms with Gasteiger partial charge in [0.05, 0.1) is 27.7 Å². The summed E-state index contributed by atoms with van der Waals surface area (Å²) in [4.78, 5) is 37.6. The fourth-order valence-corrected chi connectivity index (χ4v) is 7.75. The molecule has 0 heterocycles. The van der Waals surface area contributed by atoms with E-state index in [0.29, 0.717) is 17.4 Å². The van der Waals surface area contributed by atoms with E-state index in [2.05, 4.69) is 32.1 Å². The van der Waals surface area contributed by atoms with Gasteiger partial charge in [-0.25, -0.2) is 0 Å². The summed E-state index contributed by atoms with van der Waals surface area (Å²) >= 11 is 0. The van der Waals surface area contributed by atoms with Gasteiger partial charge in [0.15, 0.2) is 6.10 Å². The van der Waals surface area contributed by atoms with Crippen molar-refractivity contribution in [3.8, 4) is 0 Å². The lowest BCUT2D eigenvalue weighted by Gasteiger charge is -2.28. The number of quaternary nitrogens is 1. The second-order valence-corrected chi connectivity index (χ2v) is 19.6. The highest BCUT2D eigenvalue weighted by Crippen LogP contribution is 2.38. The summed E-state index contributed by atoms with van der Waals surface area (Å²) in [7, 11) is 1.15. The lowest BCUT2D eigenvalue weighted by Crippen LogP contribution is -2.37. The molecule has 60 heavy (non-hydrogen) atoms. The van der Waals surface area contributed by atoms with Crippen molar-refractivity contribution in [3.63, 3.8) is 0 Å². The maximum absolute atomic E-state index is 12.7. The van der Waals surface area contributed by atoms with E-state index < -0.39 is 26.5 Å². The lowest BCUT2D eigenvalue weighted by molar-refractivity contribution is -0.870. The molecular weight excluding hydrogens is 774 g/mol. The normalized spacial score (nSPS) is 13.6. The summed E-state index contributed by atoms with van der Waals surface area (Å²) in [5.41, 5.74) is 0. The molecule has 354 valence electrons. The van der Waals surface area contributed by atoms with E-state index in [9.17, 15) is 19.0 Å². The van der Waals surface area contributed by atoms with E-state index in [1.807, 2.05) is 27.2 Å².